The fourth-order valence-corrected chi connectivity index (χ4v) is 3.65. The van der Waals surface area contributed by atoms with Crippen LogP contribution in [-0.2, 0) is 11.3 Å². The van der Waals surface area contributed by atoms with Crippen molar-refractivity contribution in [2.75, 3.05) is 40.3 Å². The van der Waals surface area contributed by atoms with Gasteiger partial charge < -0.3 is 19.9 Å². The van der Waals surface area contributed by atoms with E-state index in [9.17, 15) is 4.79 Å². The van der Waals surface area contributed by atoms with Gasteiger partial charge in [0, 0.05) is 32.1 Å². The third-order valence-electron chi connectivity index (χ3n) is 4.93. The third kappa shape index (κ3) is 4.03. The summed E-state index contributed by atoms with van der Waals surface area (Å²) in [5.41, 5.74) is 1.13. The minimum absolute atomic E-state index is 0.0443. The van der Waals surface area contributed by atoms with E-state index in [0.29, 0.717) is 18.4 Å². The van der Waals surface area contributed by atoms with Gasteiger partial charge in [-0.05, 0) is 32.0 Å². The van der Waals surface area contributed by atoms with Crippen LogP contribution in [0.5, 0.6) is 0 Å². The van der Waals surface area contributed by atoms with Crippen LogP contribution in [0.15, 0.2) is 30.3 Å². The molecule has 1 aromatic rings. The molecule has 0 spiro atoms. The fourth-order valence-electron chi connectivity index (χ4n) is 3.65. The molecule has 5 nitrogen and oxygen atoms in total. The van der Waals surface area contributed by atoms with Crippen LogP contribution in [0.3, 0.4) is 0 Å². The number of piperidine rings is 1. The van der Waals surface area contributed by atoms with E-state index in [0.717, 1.165) is 38.2 Å². The number of hydrogen-bond acceptors (Lipinski definition) is 3. The molecule has 0 bridgehead atoms. The molecule has 1 N–H and O–H groups in total. The van der Waals surface area contributed by atoms with Crippen LogP contribution < -0.4 is 5.32 Å². The number of amides is 2. The number of hydrogen-bond donors (Lipinski definition) is 1. The molecule has 126 valence electrons. The van der Waals surface area contributed by atoms with E-state index < -0.39 is 0 Å². The maximum atomic E-state index is 12.5. The van der Waals surface area contributed by atoms with Gasteiger partial charge in [0.25, 0.3) is 0 Å². The summed E-state index contributed by atoms with van der Waals surface area (Å²) >= 11 is 0. The van der Waals surface area contributed by atoms with E-state index in [1.54, 1.807) is 0 Å². The summed E-state index contributed by atoms with van der Waals surface area (Å²) < 4.78 is 5.97. The van der Waals surface area contributed by atoms with Crippen molar-refractivity contribution in [2.45, 2.75) is 19.1 Å². The molecule has 0 unspecified atom stereocenters. The number of carbonyl (C=O) groups is 1. The number of carbonyl (C=O) groups excluding carboxylic acids is 1. The number of rotatable bonds is 4. The van der Waals surface area contributed by atoms with Gasteiger partial charge in [0.05, 0.1) is 12.7 Å². The second-order valence-corrected chi connectivity index (χ2v) is 6.94. The zero-order chi connectivity index (χ0) is 16.2. The van der Waals surface area contributed by atoms with Crippen LogP contribution in [0.4, 0.5) is 4.79 Å². The maximum absolute atomic E-state index is 12.5. The molecule has 23 heavy (non-hydrogen) atoms. The van der Waals surface area contributed by atoms with E-state index in [1.165, 1.54) is 0 Å². The van der Waals surface area contributed by atoms with E-state index in [-0.39, 0.29) is 12.1 Å². The van der Waals surface area contributed by atoms with Gasteiger partial charge in [-0.3, -0.25) is 0 Å². The van der Waals surface area contributed by atoms with Crippen molar-refractivity contribution >= 4 is 6.03 Å². The topological polar surface area (TPSA) is 44.8 Å². The van der Waals surface area contributed by atoms with Gasteiger partial charge in [0.2, 0.25) is 0 Å². The Labute approximate surface area is 138 Å². The van der Waals surface area contributed by atoms with Crippen LogP contribution in [0.1, 0.15) is 12.0 Å². The highest BCUT2D eigenvalue weighted by Gasteiger charge is 2.41. The summed E-state index contributed by atoms with van der Waals surface area (Å²) in [5.74, 6) is 1.08. The summed E-state index contributed by atoms with van der Waals surface area (Å²) in [6, 6.07) is 10.1. The first kappa shape index (κ1) is 16.3. The molecule has 2 heterocycles. The average molecular weight is 317 g/mol. The maximum Gasteiger partial charge on any atom is 0.317 e. The number of ether oxygens (including phenoxy) is 1. The number of likely N-dealkylation sites (tertiary alicyclic amines) is 1. The van der Waals surface area contributed by atoms with Gasteiger partial charge in [-0.2, -0.15) is 0 Å². The van der Waals surface area contributed by atoms with Crippen molar-refractivity contribution < 1.29 is 9.53 Å². The Morgan fingerprint density at radius 1 is 1.35 bits per heavy atom. The van der Waals surface area contributed by atoms with Gasteiger partial charge in [-0.15, -0.1) is 0 Å². The zero-order valence-electron chi connectivity index (χ0n) is 14.1. The zero-order valence-corrected chi connectivity index (χ0v) is 14.1. The van der Waals surface area contributed by atoms with Crippen molar-refractivity contribution in [2.24, 2.45) is 11.8 Å². The fraction of sp³-hybridized carbons (Fsp3) is 0.611. The molecule has 1 aromatic carbocycles. The van der Waals surface area contributed by atoms with E-state index in [1.807, 2.05) is 35.2 Å². The molecule has 2 saturated heterocycles. The summed E-state index contributed by atoms with van der Waals surface area (Å²) in [6.07, 6.45) is 1.30. The molecule has 2 aliphatic rings. The molecule has 5 heteroatoms. The Hall–Kier alpha value is -1.59. The Balaban J connectivity index is 1.53. The Bertz CT molecular complexity index is 520. The predicted octanol–water partition coefficient (Wildman–Crippen LogP) is 1.79. The number of fused-ring (bicyclic) bond motifs is 1. The number of urea groups is 1. The first-order valence-electron chi connectivity index (χ1n) is 8.46. The highest BCUT2D eigenvalue weighted by Crippen LogP contribution is 2.34. The van der Waals surface area contributed by atoms with Gasteiger partial charge in [-0.1, -0.05) is 30.3 Å². The number of nitrogens with one attached hydrogen (secondary N) is 1. The number of nitrogens with zero attached hydrogens (tertiary/aromatic N) is 2. The standard InChI is InChI=1S/C18H27N3O2/c1-20(2)12-17-16-11-21(9-8-15(16)13-23-17)18(22)19-10-14-6-4-3-5-7-14/h3-7,15-17H,8-13H2,1-2H3,(H,19,22)/t15-,16-,17+/m0/s1. The van der Waals surface area contributed by atoms with Crippen LogP contribution in [0, 0.1) is 11.8 Å². The van der Waals surface area contributed by atoms with Crippen molar-refractivity contribution in [1.29, 1.82) is 0 Å². The van der Waals surface area contributed by atoms with Crippen molar-refractivity contribution in [3.8, 4) is 0 Å². The Kier molecular flexibility index (Phi) is 5.18. The molecular formula is C18H27N3O2. The largest absolute Gasteiger partial charge is 0.376 e. The second-order valence-electron chi connectivity index (χ2n) is 6.94. The van der Waals surface area contributed by atoms with Gasteiger partial charge in [-0.25, -0.2) is 4.79 Å². The minimum atomic E-state index is 0.0443. The minimum Gasteiger partial charge on any atom is -0.376 e. The Morgan fingerprint density at radius 3 is 2.87 bits per heavy atom. The van der Waals surface area contributed by atoms with Crippen molar-refractivity contribution in [3.63, 3.8) is 0 Å². The smallest absolute Gasteiger partial charge is 0.317 e. The molecule has 0 aromatic heterocycles. The molecule has 3 atom stereocenters. The lowest BCUT2D eigenvalue weighted by Gasteiger charge is -2.36. The summed E-state index contributed by atoms with van der Waals surface area (Å²) in [7, 11) is 4.15. The van der Waals surface area contributed by atoms with E-state index >= 15 is 0 Å². The second kappa shape index (κ2) is 7.32. The van der Waals surface area contributed by atoms with Crippen LogP contribution in [0.25, 0.3) is 0 Å². The highest BCUT2D eigenvalue weighted by molar-refractivity contribution is 5.74. The monoisotopic (exact) mass is 317 g/mol. The van der Waals surface area contributed by atoms with Crippen LogP contribution >= 0.6 is 0 Å². The molecule has 0 aliphatic carbocycles. The molecule has 3 rings (SSSR count). The first-order valence-corrected chi connectivity index (χ1v) is 8.46. The lowest BCUT2D eigenvalue weighted by Crippen LogP contribution is -2.50. The molecule has 0 radical (unpaired) electrons. The third-order valence-corrected chi connectivity index (χ3v) is 4.93. The van der Waals surface area contributed by atoms with Gasteiger partial charge >= 0.3 is 6.03 Å². The summed E-state index contributed by atoms with van der Waals surface area (Å²) in [6.45, 7) is 4.01. The summed E-state index contributed by atoms with van der Waals surface area (Å²) in [5, 5.41) is 3.04. The quantitative estimate of drug-likeness (QED) is 0.921. The van der Waals surface area contributed by atoms with Crippen LogP contribution in [-0.4, -0.2) is 62.3 Å². The molecular weight excluding hydrogens is 290 g/mol. The van der Waals surface area contributed by atoms with Crippen LogP contribution in [0.2, 0.25) is 0 Å². The Morgan fingerprint density at radius 2 is 2.13 bits per heavy atom. The van der Waals surface area contributed by atoms with Gasteiger partial charge in [0.1, 0.15) is 0 Å². The first-order chi connectivity index (χ1) is 11.1. The van der Waals surface area contributed by atoms with Crippen molar-refractivity contribution in [1.82, 2.24) is 15.1 Å². The van der Waals surface area contributed by atoms with E-state index in [4.69, 9.17) is 4.74 Å². The number of benzene rings is 1. The normalized spacial score (nSPS) is 27.1. The summed E-state index contributed by atoms with van der Waals surface area (Å²) in [4.78, 5) is 16.6. The molecule has 2 fully saturated rings. The number of likely N-dealkylation sites (N-methyl/N-ethyl adjacent to an activating group) is 1. The molecule has 2 amide bonds. The molecule has 2 aliphatic heterocycles. The molecule has 0 saturated carbocycles. The van der Waals surface area contributed by atoms with E-state index in [2.05, 4.69) is 24.3 Å². The predicted molar refractivity (Wildman–Crippen MR) is 90.1 cm³/mol. The highest BCUT2D eigenvalue weighted by atomic mass is 16.5. The lowest BCUT2D eigenvalue weighted by atomic mass is 9.84. The average Bonchev–Trinajstić information content (AvgIpc) is 2.95. The SMILES string of the molecule is CN(C)C[C@H]1OC[C@@H]2CCN(C(=O)NCc3ccccc3)C[C@@H]21. The van der Waals surface area contributed by atoms with Gasteiger partial charge in [0.15, 0.2) is 0 Å². The van der Waals surface area contributed by atoms with Crippen molar-refractivity contribution in [3.05, 3.63) is 35.9 Å². The lowest BCUT2D eigenvalue weighted by molar-refractivity contribution is 0.0599.